The standard InChI is InChI=1S/C20H25N/c1-3-7-15-8-6-11-18(12-15)20(21-2)19-13-16-9-4-5-10-17(16)14-19/h4-6,8-12,19-21H,3,7,13-14H2,1-2H3. The van der Waals surface area contributed by atoms with Gasteiger partial charge in [0.2, 0.25) is 0 Å². The SMILES string of the molecule is CCCc1cccc(C(NC)C2Cc3ccccc3C2)c1. The van der Waals surface area contributed by atoms with E-state index >= 15 is 0 Å². The number of nitrogens with one attached hydrogen (secondary N) is 1. The summed E-state index contributed by atoms with van der Waals surface area (Å²) in [5.74, 6) is 0.671. The smallest absolute Gasteiger partial charge is 0.0352 e. The number of hydrogen-bond donors (Lipinski definition) is 1. The first-order chi connectivity index (χ1) is 10.3. The molecule has 0 bridgehead atoms. The minimum atomic E-state index is 0.453. The molecule has 0 aliphatic heterocycles. The molecule has 1 aliphatic rings. The number of hydrogen-bond acceptors (Lipinski definition) is 1. The Morgan fingerprint density at radius 1 is 1.05 bits per heavy atom. The fraction of sp³-hybridized carbons (Fsp3) is 0.400. The first-order valence-electron chi connectivity index (χ1n) is 8.14. The van der Waals surface area contributed by atoms with E-state index in [0.29, 0.717) is 12.0 Å². The van der Waals surface area contributed by atoms with E-state index in [0.717, 1.165) is 0 Å². The molecule has 0 saturated carbocycles. The maximum atomic E-state index is 3.56. The highest BCUT2D eigenvalue weighted by Crippen LogP contribution is 2.35. The van der Waals surface area contributed by atoms with Gasteiger partial charge in [-0.3, -0.25) is 0 Å². The second-order valence-electron chi connectivity index (χ2n) is 6.20. The molecule has 0 radical (unpaired) electrons. The molecule has 1 heteroatoms. The zero-order valence-electron chi connectivity index (χ0n) is 13.1. The van der Waals surface area contributed by atoms with Crippen molar-refractivity contribution in [2.24, 2.45) is 5.92 Å². The molecule has 0 saturated heterocycles. The van der Waals surface area contributed by atoms with E-state index < -0.39 is 0 Å². The lowest BCUT2D eigenvalue weighted by Gasteiger charge is -2.24. The first kappa shape index (κ1) is 14.3. The lowest BCUT2D eigenvalue weighted by atomic mass is 9.89. The summed E-state index contributed by atoms with van der Waals surface area (Å²) in [4.78, 5) is 0. The van der Waals surface area contributed by atoms with Crippen LogP contribution in [0.25, 0.3) is 0 Å². The minimum Gasteiger partial charge on any atom is -0.313 e. The van der Waals surface area contributed by atoms with Crippen molar-refractivity contribution in [1.82, 2.24) is 5.32 Å². The van der Waals surface area contributed by atoms with Crippen molar-refractivity contribution >= 4 is 0 Å². The average molecular weight is 279 g/mol. The molecule has 2 aromatic carbocycles. The normalized spacial score (nSPS) is 15.9. The van der Waals surface area contributed by atoms with Crippen LogP contribution in [0.2, 0.25) is 0 Å². The van der Waals surface area contributed by atoms with E-state index in [-0.39, 0.29) is 0 Å². The fourth-order valence-corrected chi connectivity index (χ4v) is 3.73. The Hall–Kier alpha value is -1.60. The van der Waals surface area contributed by atoms with Crippen LogP contribution in [0, 0.1) is 5.92 Å². The van der Waals surface area contributed by atoms with Gasteiger partial charge in [-0.05, 0) is 54.5 Å². The summed E-state index contributed by atoms with van der Waals surface area (Å²) < 4.78 is 0. The van der Waals surface area contributed by atoms with E-state index in [1.54, 1.807) is 0 Å². The van der Waals surface area contributed by atoms with E-state index in [1.807, 2.05) is 0 Å². The largest absolute Gasteiger partial charge is 0.313 e. The summed E-state index contributed by atoms with van der Waals surface area (Å²) in [7, 11) is 2.10. The Morgan fingerprint density at radius 2 is 1.76 bits per heavy atom. The molecular formula is C20H25N. The summed E-state index contributed by atoms with van der Waals surface area (Å²) in [6.45, 7) is 2.25. The van der Waals surface area contributed by atoms with Crippen LogP contribution < -0.4 is 5.32 Å². The molecule has 1 N–H and O–H groups in total. The molecule has 1 unspecified atom stereocenters. The van der Waals surface area contributed by atoms with Crippen LogP contribution in [0.15, 0.2) is 48.5 Å². The highest BCUT2D eigenvalue weighted by molar-refractivity contribution is 5.35. The van der Waals surface area contributed by atoms with Gasteiger partial charge in [0.05, 0.1) is 0 Å². The highest BCUT2D eigenvalue weighted by Gasteiger charge is 2.28. The molecule has 110 valence electrons. The molecule has 0 fully saturated rings. The maximum Gasteiger partial charge on any atom is 0.0352 e. The van der Waals surface area contributed by atoms with Gasteiger partial charge in [0.1, 0.15) is 0 Å². The second kappa shape index (κ2) is 6.44. The number of aryl methyl sites for hydroxylation is 1. The number of benzene rings is 2. The van der Waals surface area contributed by atoms with Gasteiger partial charge in [-0.25, -0.2) is 0 Å². The van der Waals surface area contributed by atoms with E-state index in [2.05, 4.69) is 67.8 Å². The molecule has 0 heterocycles. The molecule has 0 spiro atoms. The Kier molecular flexibility index (Phi) is 4.40. The molecule has 1 nitrogen and oxygen atoms in total. The van der Waals surface area contributed by atoms with Gasteiger partial charge >= 0.3 is 0 Å². The van der Waals surface area contributed by atoms with Crippen LogP contribution in [0.3, 0.4) is 0 Å². The minimum absolute atomic E-state index is 0.453. The van der Waals surface area contributed by atoms with Crippen molar-refractivity contribution in [2.45, 2.75) is 38.6 Å². The van der Waals surface area contributed by atoms with Crippen molar-refractivity contribution in [3.63, 3.8) is 0 Å². The predicted molar refractivity (Wildman–Crippen MR) is 89.6 cm³/mol. The Labute approximate surface area is 128 Å². The van der Waals surface area contributed by atoms with E-state index in [4.69, 9.17) is 0 Å². The maximum absolute atomic E-state index is 3.56. The van der Waals surface area contributed by atoms with E-state index in [9.17, 15) is 0 Å². The second-order valence-corrected chi connectivity index (χ2v) is 6.20. The molecule has 0 aromatic heterocycles. The van der Waals surface area contributed by atoms with Crippen molar-refractivity contribution in [3.05, 3.63) is 70.8 Å². The fourth-order valence-electron chi connectivity index (χ4n) is 3.73. The third-order valence-electron chi connectivity index (χ3n) is 4.71. The third-order valence-corrected chi connectivity index (χ3v) is 4.71. The number of fused-ring (bicyclic) bond motifs is 1. The first-order valence-corrected chi connectivity index (χ1v) is 8.14. The van der Waals surface area contributed by atoms with Crippen LogP contribution in [0.1, 0.15) is 41.6 Å². The predicted octanol–water partition coefficient (Wildman–Crippen LogP) is 4.31. The van der Waals surface area contributed by atoms with Crippen LogP contribution in [0.5, 0.6) is 0 Å². The summed E-state index contributed by atoms with van der Waals surface area (Å²) >= 11 is 0. The highest BCUT2D eigenvalue weighted by atomic mass is 14.9. The summed E-state index contributed by atoms with van der Waals surface area (Å²) in [5, 5.41) is 3.56. The zero-order valence-corrected chi connectivity index (χ0v) is 13.1. The van der Waals surface area contributed by atoms with Crippen LogP contribution in [-0.2, 0) is 19.3 Å². The summed E-state index contributed by atoms with van der Waals surface area (Å²) in [5.41, 5.74) is 5.98. The molecule has 21 heavy (non-hydrogen) atoms. The molecule has 0 amide bonds. The topological polar surface area (TPSA) is 12.0 Å². The third kappa shape index (κ3) is 3.03. The Morgan fingerprint density at radius 3 is 2.38 bits per heavy atom. The summed E-state index contributed by atoms with van der Waals surface area (Å²) in [6.07, 6.45) is 4.77. The van der Waals surface area contributed by atoms with Crippen LogP contribution >= 0.6 is 0 Å². The molecule has 2 aromatic rings. The van der Waals surface area contributed by atoms with Gasteiger partial charge in [0, 0.05) is 6.04 Å². The van der Waals surface area contributed by atoms with Gasteiger partial charge in [-0.15, -0.1) is 0 Å². The lowest BCUT2D eigenvalue weighted by Crippen LogP contribution is -2.25. The quantitative estimate of drug-likeness (QED) is 0.859. The van der Waals surface area contributed by atoms with Gasteiger partial charge in [0.15, 0.2) is 0 Å². The summed E-state index contributed by atoms with van der Waals surface area (Å²) in [6, 6.07) is 18.5. The van der Waals surface area contributed by atoms with Gasteiger partial charge in [-0.2, -0.15) is 0 Å². The van der Waals surface area contributed by atoms with Crippen molar-refractivity contribution < 1.29 is 0 Å². The Balaban J connectivity index is 1.82. The molecule has 1 aliphatic carbocycles. The zero-order chi connectivity index (χ0) is 14.7. The number of rotatable bonds is 5. The van der Waals surface area contributed by atoms with Crippen molar-refractivity contribution in [3.8, 4) is 0 Å². The van der Waals surface area contributed by atoms with Crippen LogP contribution in [0.4, 0.5) is 0 Å². The van der Waals surface area contributed by atoms with Crippen molar-refractivity contribution in [1.29, 1.82) is 0 Å². The van der Waals surface area contributed by atoms with Crippen molar-refractivity contribution in [2.75, 3.05) is 7.05 Å². The average Bonchev–Trinajstić information content (AvgIpc) is 2.92. The van der Waals surface area contributed by atoms with Crippen LogP contribution in [-0.4, -0.2) is 7.05 Å². The molecular weight excluding hydrogens is 254 g/mol. The molecule has 3 rings (SSSR count). The van der Waals surface area contributed by atoms with Gasteiger partial charge < -0.3 is 5.32 Å². The van der Waals surface area contributed by atoms with Gasteiger partial charge in [-0.1, -0.05) is 61.9 Å². The Bertz CT molecular complexity index is 577. The molecule has 1 atom stereocenters. The van der Waals surface area contributed by atoms with E-state index in [1.165, 1.54) is 47.9 Å². The van der Waals surface area contributed by atoms with Gasteiger partial charge in [0.25, 0.3) is 0 Å². The lowest BCUT2D eigenvalue weighted by molar-refractivity contribution is 0.397. The monoisotopic (exact) mass is 279 g/mol.